The second-order valence-corrected chi connectivity index (χ2v) is 4.92. The van der Waals surface area contributed by atoms with Gasteiger partial charge in [0.25, 0.3) is 0 Å². The number of piperidine rings is 1. The SMILES string of the molecule is C=CCC[C@H](O)CN1CCC[C@@H]([C@@H](C)O)C1. The molecule has 0 saturated carbocycles. The van der Waals surface area contributed by atoms with Crippen LogP contribution < -0.4 is 0 Å². The Morgan fingerprint density at radius 2 is 2.25 bits per heavy atom. The molecule has 0 unspecified atom stereocenters. The van der Waals surface area contributed by atoms with E-state index in [-0.39, 0.29) is 12.2 Å². The standard InChI is InChI=1S/C13H25NO2/c1-3-4-7-13(16)10-14-8-5-6-12(9-14)11(2)15/h3,11-13,15-16H,1,4-10H2,2H3/t11-,12-,13+/m1/s1. The third-order valence-electron chi connectivity index (χ3n) is 3.40. The minimum Gasteiger partial charge on any atom is -0.393 e. The Kier molecular flexibility index (Phi) is 6.03. The smallest absolute Gasteiger partial charge is 0.0670 e. The third-order valence-corrected chi connectivity index (χ3v) is 3.40. The fourth-order valence-electron chi connectivity index (χ4n) is 2.35. The van der Waals surface area contributed by atoms with Gasteiger partial charge in [0.1, 0.15) is 0 Å². The van der Waals surface area contributed by atoms with Crippen LogP contribution in [0, 0.1) is 5.92 Å². The maximum atomic E-state index is 9.81. The first-order chi connectivity index (χ1) is 7.63. The molecular weight excluding hydrogens is 202 g/mol. The van der Waals surface area contributed by atoms with Crippen molar-refractivity contribution in [3.8, 4) is 0 Å². The minimum atomic E-state index is -0.259. The summed E-state index contributed by atoms with van der Waals surface area (Å²) in [6.45, 7) is 8.22. The number of aliphatic hydroxyl groups is 2. The van der Waals surface area contributed by atoms with Crippen LogP contribution in [-0.2, 0) is 0 Å². The first-order valence-electron chi connectivity index (χ1n) is 6.33. The highest BCUT2D eigenvalue weighted by Gasteiger charge is 2.24. The van der Waals surface area contributed by atoms with Gasteiger partial charge in [0, 0.05) is 13.1 Å². The van der Waals surface area contributed by atoms with Crippen molar-refractivity contribution >= 4 is 0 Å². The lowest BCUT2D eigenvalue weighted by atomic mass is 9.93. The molecule has 1 aliphatic heterocycles. The second-order valence-electron chi connectivity index (χ2n) is 4.92. The highest BCUT2D eigenvalue weighted by molar-refractivity contribution is 4.78. The van der Waals surface area contributed by atoms with E-state index in [2.05, 4.69) is 11.5 Å². The summed E-state index contributed by atoms with van der Waals surface area (Å²) in [4.78, 5) is 2.27. The number of nitrogens with zero attached hydrogens (tertiary/aromatic N) is 1. The highest BCUT2D eigenvalue weighted by atomic mass is 16.3. The second kappa shape index (κ2) is 7.05. The van der Waals surface area contributed by atoms with Crippen LogP contribution >= 0.6 is 0 Å². The van der Waals surface area contributed by atoms with Crippen LogP contribution in [-0.4, -0.2) is 47.0 Å². The summed E-state index contributed by atoms with van der Waals surface area (Å²) in [6, 6.07) is 0. The lowest BCUT2D eigenvalue weighted by Crippen LogP contribution is -2.42. The average molecular weight is 227 g/mol. The zero-order valence-electron chi connectivity index (χ0n) is 10.3. The van der Waals surface area contributed by atoms with Crippen molar-refractivity contribution in [2.75, 3.05) is 19.6 Å². The molecule has 1 saturated heterocycles. The van der Waals surface area contributed by atoms with E-state index >= 15 is 0 Å². The molecule has 0 aromatic carbocycles. The molecule has 2 N–H and O–H groups in total. The number of rotatable bonds is 6. The molecule has 3 heteroatoms. The summed E-state index contributed by atoms with van der Waals surface area (Å²) in [5.74, 6) is 0.375. The Morgan fingerprint density at radius 1 is 1.50 bits per heavy atom. The van der Waals surface area contributed by atoms with E-state index in [1.165, 1.54) is 0 Å². The fraction of sp³-hybridized carbons (Fsp3) is 0.846. The van der Waals surface area contributed by atoms with Crippen LogP contribution in [0.2, 0.25) is 0 Å². The molecule has 0 spiro atoms. The van der Waals surface area contributed by atoms with Crippen molar-refractivity contribution in [2.45, 2.75) is 44.8 Å². The molecule has 0 aromatic rings. The normalized spacial score (nSPS) is 26.3. The van der Waals surface area contributed by atoms with Gasteiger partial charge in [0.05, 0.1) is 12.2 Å². The van der Waals surface area contributed by atoms with Crippen LogP contribution in [0.1, 0.15) is 32.6 Å². The number of hydrogen-bond donors (Lipinski definition) is 2. The van der Waals surface area contributed by atoms with Gasteiger partial charge in [-0.05, 0) is 45.1 Å². The maximum absolute atomic E-state index is 9.81. The summed E-state index contributed by atoms with van der Waals surface area (Å²) in [5, 5.41) is 19.4. The van der Waals surface area contributed by atoms with Gasteiger partial charge in [-0.25, -0.2) is 0 Å². The van der Waals surface area contributed by atoms with E-state index in [4.69, 9.17) is 0 Å². The largest absolute Gasteiger partial charge is 0.393 e. The number of hydrogen-bond acceptors (Lipinski definition) is 3. The van der Waals surface area contributed by atoms with Crippen molar-refractivity contribution < 1.29 is 10.2 Å². The summed E-state index contributed by atoms with van der Waals surface area (Å²) < 4.78 is 0. The van der Waals surface area contributed by atoms with E-state index in [1.54, 1.807) is 0 Å². The van der Waals surface area contributed by atoms with E-state index in [9.17, 15) is 10.2 Å². The maximum Gasteiger partial charge on any atom is 0.0670 e. The van der Waals surface area contributed by atoms with Gasteiger partial charge < -0.3 is 15.1 Å². The average Bonchev–Trinajstić information content (AvgIpc) is 2.26. The predicted octanol–water partition coefficient (Wildman–Crippen LogP) is 1.41. The van der Waals surface area contributed by atoms with E-state index < -0.39 is 0 Å². The predicted molar refractivity (Wildman–Crippen MR) is 66.3 cm³/mol. The zero-order valence-corrected chi connectivity index (χ0v) is 10.3. The lowest BCUT2D eigenvalue weighted by Gasteiger charge is -2.35. The van der Waals surface area contributed by atoms with Crippen LogP contribution in [0.15, 0.2) is 12.7 Å². The fourth-order valence-corrected chi connectivity index (χ4v) is 2.35. The van der Waals surface area contributed by atoms with Crippen LogP contribution in [0.3, 0.4) is 0 Å². The first kappa shape index (κ1) is 13.7. The quantitative estimate of drug-likeness (QED) is 0.674. The Hall–Kier alpha value is -0.380. The number of β-amino-alcohol motifs (C(OH)–C–C–N with tert-alkyl or cyclic N) is 1. The molecule has 3 atom stereocenters. The molecule has 0 bridgehead atoms. The van der Waals surface area contributed by atoms with Crippen molar-refractivity contribution in [2.24, 2.45) is 5.92 Å². The van der Waals surface area contributed by atoms with Crippen molar-refractivity contribution in [3.05, 3.63) is 12.7 Å². The highest BCUT2D eigenvalue weighted by Crippen LogP contribution is 2.20. The van der Waals surface area contributed by atoms with Crippen molar-refractivity contribution in [3.63, 3.8) is 0 Å². The van der Waals surface area contributed by atoms with Crippen LogP contribution in [0.4, 0.5) is 0 Å². The van der Waals surface area contributed by atoms with E-state index in [1.807, 2.05) is 13.0 Å². The molecule has 3 nitrogen and oxygen atoms in total. The van der Waals surface area contributed by atoms with Gasteiger partial charge in [-0.3, -0.25) is 0 Å². The van der Waals surface area contributed by atoms with Gasteiger partial charge >= 0.3 is 0 Å². The Bertz CT molecular complexity index is 206. The van der Waals surface area contributed by atoms with Gasteiger partial charge in [-0.1, -0.05) is 6.08 Å². The van der Waals surface area contributed by atoms with Gasteiger partial charge in [0.15, 0.2) is 0 Å². The molecule has 1 fully saturated rings. The van der Waals surface area contributed by atoms with E-state index in [0.717, 1.165) is 45.3 Å². The third kappa shape index (κ3) is 4.64. The zero-order chi connectivity index (χ0) is 12.0. The van der Waals surface area contributed by atoms with Gasteiger partial charge in [0.2, 0.25) is 0 Å². The molecule has 1 heterocycles. The molecule has 0 radical (unpaired) electrons. The molecular formula is C13H25NO2. The van der Waals surface area contributed by atoms with E-state index in [0.29, 0.717) is 5.92 Å². The summed E-state index contributed by atoms with van der Waals surface area (Å²) >= 11 is 0. The Morgan fingerprint density at radius 3 is 2.88 bits per heavy atom. The van der Waals surface area contributed by atoms with Gasteiger partial charge in [-0.15, -0.1) is 6.58 Å². The Labute approximate surface area is 98.8 Å². The lowest BCUT2D eigenvalue weighted by molar-refractivity contribution is 0.0363. The number of allylic oxidation sites excluding steroid dienone is 1. The molecule has 0 amide bonds. The topological polar surface area (TPSA) is 43.7 Å². The van der Waals surface area contributed by atoms with Crippen LogP contribution in [0.5, 0.6) is 0 Å². The number of aliphatic hydroxyl groups excluding tert-OH is 2. The molecule has 1 aliphatic rings. The molecule has 0 aromatic heterocycles. The van der Waals surface area contributed by atoms with Gasteiger partial charge in [-0.2, -0.15) is 0 Å². The summed E-state index contributed by atoms with van der Waals surface area (Å²) in [6.07, 6.45) is 5.26. The van der Waals surface area contributed by atoms with Crippen molar-refractivity contribution in [1.29, 1.82) is 0 Å². The molecule has 1 rings (SSSR count). The van der Waals surface area contributed by atoms with Crippen molar-refractivity contribution in [1.82, 2.24) is 4.90 Å². The monoisotopic (exact) mass is 227 g/mol. The molecule has 0 aliphatic carbocycles. The molecule has 16 heavy (non-hydrogen) atoms. The number of likely N-dealkylation sites (tertiary alicyclic amines) is 1. The first-order valence-corrected chi connectivity index (χ1v) is 6.33. The van der Waals surface area contributed by atoms with Crippen LogP contribution in [0.25, 0.3) is 0 Å². The minimum absolute atomic E-state index is 0.229. The summed E-state index contributed by atoms with van der Waals surface area (Å²) in [5.41, 5.74) is 0. The molecule has 94 valence electrons. The Balaban J connectivity index is 2.28. The summed E-state index contributed by atoms with van der Waals surface area (Å²) in [7, 11) is 0.